The first-order valence-electron chi connectivity index (χ1n) is 8.24. The topological polar surface area (TPSA) is 95.2 Å². The number of aromatic nitrogens is 2. The average Bonchev–Trinajstić information content (AvgIpc) is 3.05. The highest BCUT2D eigenvalue weighted by molar-refractivity contribution is 6.11. The molecule has 0 saturated heterocycles. The highest BCUT2D eigenvalue weighted by Crippen LogP contribution is 2.30. The van der Waals surface area contributed by atoms with Crippen molar-refractivity contribution in [3.63, 3.8) is 0 Å². The summed E-state index contributed by atoms with van der Waals surface area (Å²) in [5.74, 6) is -0.400. The number of hydrogen-bond donors (Lipinski definition) is 2. The van der Waals surface area contributed by atoms with Gasteiger partial charge in [-0.1, -0.05) is 18.2 Å². The zero-order chi connectivity index (χ0) is 18.3. The van der Waals surface area contributed by atoms with Crippen LogP contribution in [-0.4, -0.2) is 28.6 Å². The van der Waals surface area contributed by atoms with Crippen LogP contribution in [0, 0.1) is 0 Å². The van der Waals surface area contributed by atoms with Crippen molar-refractivity contribution >= 4 is 34.0 Å². The molecule has 3 aromatic rings. The molecule has 0 atom stereocenters. The Bertz CT molecular complexity index is 1100. The highest BCUT2D eigenvalue weighted by atomic mass is 16.2. The summed E-state index contributed by atoms with van der Waals surface area (Å²) in [6.45, 7) is 2.19. The molecule has 1 aliphatic rings. The summed E-state index contributed by atoms with van der Waals surface area (Å²) in [5.41, 5.74) is 2.33. The van der Waals surface area contributed by atoms with Crippen LogP contribution in [0.3, 0.4) is 0 Å². The molecule has 0 aliphatic carbocycles. The molecule has 0 bridgehead atoms. The minimum atomic E-state index is -0.404. The lowest BCUT2D eigenvalue weighted by Gasteiger charge is -2.15. The van der Waals surface area contributed by atoms with Gasteiger partial charge in [0.2, 0.25) is 5.91 Å². The zero-order valence-electron chi connectivity index (χ0n) is 14.1. The molecule has 2 amide bonds. The van der Waals surface area contributed by atoms with Crippen molar-refractivity contribution in [2.24, 2.45) is 0 Å². The lowest BCUT2D eigenvalue weighted by atomic mass is 10.1. The van der Waals surface area contributed by atoms with Crippen molar-refractivity contribution in [1.29, 1.82) is 0 Å². The van der Waals surface area contributed by atoms with E-state index in [4.69, 9.17) is 0 Å². The van der Waals surface area contributed by atoms with Crippen molar-refractivity contribution in [3.05, 3.63) is 64.1 Å². The molecule has 4 rings (SSSR count). The van der Waals surface area contributed by atoms with Gasteiger partial charge in [-0.3, -0.25) is 14.4 Å². The normalized spacial score (nSPS) is 12.9. The van der Waals surface area contributed by atoms with Gasteiger partial charge < -0.3 is 10.2 Å². The first-order valence-corrected chi connectivity index (χ1v) is 8.24. The molecule has 26 heavy (non-hydrogen) atoms. The van der Waals surface area contributed by atoms with Gasteiger partial charge in [0.05, 0.1) is 5.39 Å². The van der Waals surface area contributed by atoms with Crippen LogP contribution in [-0.2, 0) is 11.2 Å². The number of carbonyl (C=O) groups is 2. The Balaban J connectivity index is 1.65. The molecule has 0 spiro atoms. The van der Waals surface area contributed by atoms with E-state index in [1.165, 1.54) is 6.92 Å². The average molecular weight is 348 g/mol. The molecular weight excluding hydrogens is 332 g/mol. The van der Waals surface area contributed by atoms with Crippen molar-refractivity contribution in [2.45, 2.75) is 13.3 Å². The molecule has 0 unspecified atom stereocenters. The van der Waals surface area contributed by atoms with Gasteiger partial charge >= 0.3 is 0 Å². The lowest BCUT2D eigenvalue weighted by Crippen LogP contribution is -2.25. The quantitative estimate of drug-likeness (QED) is 0.741. The monoisotopic (exact) mass is 348 g/mol. The van der Waals surface area contributed by atoms with Crippen LogP contribution < -0.4 is 15.8 Å². The third-order valence-corrected chi connectivity index (χ3v) is 4.52. The van der Waals surface area contributed by atoms with Gasteiger partial charge in [-0.15, -0.1) is 0 Å². The number of H-pyrrole nitrogens is 1. The predicted molar refractivity (Wildman–Crippen MR) is 98.5 cm³/mol. The molecule has 130 valence electrons. The fourth-order valence-electron chi connectivity index (χ4n) is 3.28. The molecule has 0 radical (unpaired) electrons. The van der Waals surface area contributed by atoms with Gasteiger partial charge in [0.15, 0.2) is 5.69 Å². The number of hydrogen-bond acceptors (Lipinski definition) is 4. The summed E-state index contributed by atoms with van der Waals surface area (Å²) < 4.78 is 0. The number of nitrogens with one attached hydrogen (secondary N) is 2. The minimum absolute atomic E-state index is 0.00412. The summed E-state index contributed by atoms with van der Waals surface area (Å²) in [6, 6.07) is 12.3. The van der Waals surface area contributed by atoms with Crippen molar-refractivity contribution in [1.82, 2.24) is 10.2 Å². The number of carbonyl (C=O) groups excluding carboxylic acids is 2. The van der Waals surface area contributed by atoms with Gasteiger partial charge in [-0.2, -0.15) is 5.10 Å². The number of amides is 2. The fourth-order valence-corrected chi connectivity index (χ4v) is 3.28. The Labute approximate surface area is 148 Å². The van der Waals surface area contributed by atoms with Crippen LogP contribution in [0.15, 0.2) is 47.3 Å². The van der Waals surface area contributed by atoms with E-state index in [0.717, 1.165) is 17.7 Å². The minimum Gasteiger partial charge on any atom is -0.321 e. The molecule has 7 heteroatoms. The number of rotatable bonds is 2. The van der Waals surface area contributed by atoms with E-state index in [1.807, 2.05) is 12.1 Å². The van der Waals surface area contributed by atoms with Crippen LogP contribution >= 0.6 is 0 Å². The second kappa shape index (κ2) is 6.11. The third kappa shape index (κ3) is 2.63. The predicted octanol–water partition coefficient (Wildman–Crippen LogP) is 2.08. The number of fused-ring (bicyclic) bond motifs is 2. The third-order valence-electron chi connectivity index (χ3n) is 4.52. The maximum Gasteiger partial charge on any atom is 0.276 e. The highest BCUT2D eigenvalue weighted by Gasteiger charge is 2.22. The second-order valence-electron chi connectivity index (χ2n) is 6.17. The molecule has 0 fully saturated rings. The summed E-state index contributed by atoms with van der Waals surface area (Å²) >= 11 is 0. The van der Waals surface area contributed by atoms with Gasteiger partial charge in [-0.05, 0) is 36.2 Å². The first kappa shape index (κ1) is 16.0. The zero-order valence-corrected chi connectivity index (χ0v) is 14.1. The Hall–Kier alpha value is -3.48. The van der Waals surface area contributed by atoms with E-state index in [2.05, 4.69) is 15.5 Å². The molecule has 7 nitrogen and oxygen atoms in total. The Morgan fingerprint density at radius 3 is 2.69 bits per heavy atom. The maximum absolute atomic E-state index is 12.7. The number of aromatic amines is 1. The summed E-state index contributed by atoms with van der Waals surface area (Å²) in [4.78, 5) is 37.8. The van der Waals surface area contributed by atoms with Crippen LogP contribution in [0.2, 0.25) is 0 Å². The first-order chi connectivity index (χ1) is 12.5. The number of anilines is 2. The largest absolute Gasteiger partial charge is 0.321 e. The van der Waals surface area contributed by atoms with Crippen LogP contribution in [0.5, 0.6) is 0 Å². The molecule has 1 aromatic heterocycles. The van der Waals surface area contributed by atoms with Crippen LogP contribution in [0.25, 0.3) is 10.8 Å². The maximum atomic E-state index is 12.7. The Morgan fingerprint density at radius 1 is 1.15 bits per heavy atom. The number of benzene rings is 2. The van der Waals surface area contributed by atoms with Crippen molar-refractivity contribution < 1.29 is 9.59 Å². The molecule has 2 aromatic carbocycles. The van der Waals surface area contributed by atoms with Gasteiger partial charge in [0.25, 0.3) is 11.5 Å². The Kier molecular flexibility index (Phi) is 3.76. The lowest BCUT2D eigenvalue weighted by molar-refractivity contribution is -0.116. The van der Waals surface area contributed by atoms with Gasteiger partial charge in [0, 0.05) is 30.2 Å². The number of nitrogens with zero attached hydrogens (tertiary/aromatic N) is 2. The van der Waals surface area contributed by atoms with E-state index >= 15 is 0 Å². The summed E-state index contributed by atoms with van der Waals surface area (Å²) in [5, 5.41) is 10.00. The van der Waals surface area contributed by atoms with E-state index in [0.29, 0.717) is 23.0 Å². The van der Waals surface area contributed by atoms with Gasteiger partial charge in [-0.25, -0.2) is 5.10 Å². The van der Waals surface area contributed by atoms with Crippen LogP contribution in [0.4, 0.5) is 11.4 Å². The second-order valence-corrected chi connectivity index (χ2v) is 6.17. The SMILES string of the molecule is CC(=O)N1CCc2cc(NC(=O)c3n[nH]c(=O)c4ccccc34)ccc21. The fraction of sp³-hybridized carbons (Fsp3) is 0.158. The Morgan fingerprint density at radius 2 is 1.92 bits per heavy atom. The summed E-state index contributed by atoms with van der Waals surface area (Å²) in [6.07, 6.45) is 0.748. The molecule has 2 N–H and O–H groups in total. The van der Waals surface area contributed by atoms with E-state index in [9.17, 15) is 14.4 Å². The molecule has 0 saturated carbocycles. The molecule has 1 aliphatic heterocycles. The van der Waals surface area contributed by atoms with Crippen LogP contribution in [0.1, 0.15) is 23.0 Å². The molecule has 2 heterocycles. The van der Waals surface area contributed by atoms with Crippen molar-refractivity contribution in [3.8, 4) is 0 Å². The van der Waals surface area contributed by atoms with Gasteiger partial charge in [0.1, 0.15) is 0 Å². The summed E-state index contributed by atoms with van der Waals surface area (Å²) in [7, 11) is 0. The van der Waals surface area contributed by atoms with Crippen molar-refractivity contribution in [2.75, 3.05) is 16.8 Å². The van der Waals surface area contributed by atoms with E-state index in [-0.39, 0.29) is 17.2 Å². The standard InChI is InChI=1S/C19H16N4O3/c1-11(24)23-9-8-12-10-13(6-7-16(12)23)20-19(26)17-14-4-2-3-5-15(14)18(25)22-21-17/h2-7,10H,8-9H2,1H3,(H,20,26)(H,22,25). The van der Waals surface area contributed by atoms with E-state index < -0.39 is 5.91 Å². The smallest absolute Gasteiger partial charge is 0.276 e. The molecular formula is C19H16N4O3. The van der Waals surface area contributed by atoms with E-state index in [1.54, 1.807) is 35.2 Å².